The van der Waals surface area contributed by atoms with Crippen molar-refractivity contribution >= 4 is 18.3 Å². The molecule has 0 saturated carbocycles. The molecule has 108 valence electrons. The third-order valence-corrected chi connectivity index (χ3v) is 4.05. The van der Waals surface area contributed by atoms with Crippen LogP contribution >= 0.6 is 12.4 Å². The van der Waals surface area contributed by atoms with Gasteiger partial charge < -0.3 is 10.6 Å². The first-order valence-electron chi connectivity index (χ1n) is 7.17. The van der Waals surface area contributed by atoms with Gasteiger partial charge in [-0.25, -0.2) is 0 Å². The first kappa shape index (κ1) is 17.7. The third kappa shape index (κ3) is 6.05. The minimum Gasteiger partial charge on any atom is -0.353 e. The SMILES string of the molecule is CCC(CC)NC(=O)CC(C)C1CCNCC1.Cl. The molecule has 2 N–H and O–H groups in total. The van der Waals surface area contributed by atoms with Gasteiger partial charge in [0.15, 0.2) is 0 Å². The zero-order valence-corrected chi connectivity index (χ0v) is 12.8. The molecule has 18 heavy (non-hydrogen) atoms. The van der Waals surface area contributed by atoms with Gasteiger partial charge in [0.2, 0.25) is 5.91 Å². The fourth-order valence-corrected chi connectivity index (χ4v) is 2.65. The second kappa shape index (κ2) is 9.62. The van der Waals surface area contributed by atoms with Gasteiger partial charge in [0.1, 0.15) is 0 Å². The minimum atomic E-state index is 0. The molecular weight excluding hydrogens is 248 g/mol. The van der Waals surface area contributed by atoms with Crippen molar-refractivity contribution in [3.05, 3.63) is 0 Å². The van der Waals surface area contributed by atoms with Crippen LogP contribution in [0.15, 0.2) is 0 Å². The molecule has 0 spiro atoms. The van der Waals surface area contributed by atoms with E-state index in [2.05, 4.69) is 31.4 Å². The van der Waals surface area contributed by atoms with Crippen molar-refractivity contribution in [2.75, 3.05) is 13.1 Å². The Hall–Kier alpha value is -0.280. The van der Waals surface area contributed by atoms with Crippen molar-refractivity contribution in [3.8, 4) is 0 Å². The zero-order valence-electron chi connectivity index (χ0n) is 12.0. The van der Waals surface area contributed by atoms with Gasteiger partial charge in [-0.2, -0.15) is 0 Å². The normalized spacial score (nSPS) is 18.2. The number of hydrogen-bond acceptors (Lipinski definition) is 2. The lowest BCUT2D eigenvalue weighted by Gasteiger charge is -2.28. The summed E-state index contributed by atoms with van der Waals surface area (Å²) in [6, 6.07) is 0.364. The summed E-state index contributed by atoms with van der Waals surface area (Å²) in [5.74, 6) is 1.49. The van der Waals surface area contributed by atoms with Crippen LogP contribution in [0.5, 0.6) is 0 Å². The molecule has 1 saturated heterocycles. The summed E-state index contributed by atoms with van der Waals surface area (Å²) in [6.45, 7) is 8.71. The molecule has 0 aliphatic carbocycles. The molecule has 1 unspecified atom stereocenters. The molecule has 1 amide bonds. The molecule has 0 radical (unpaired) electrons. The molecule has 0 bridgehead atoms. The maximum absolute atomic E-state index is 11.9. The lowest BCUT2D eigenvalue weighted by Crippen LogP contribution is -2.37. The summed E-state index contributed by atoms with van der Waals surface area (Å²) in [4.78, 5) is 11.9. The van der Waals surface area contributed by atoms with E-state index in [1.807, 2.05) is 0 Å². The second-order valence-corrected chi connectivity index (χ2v) is 5.35. The Morgan fingerprint density at radius 1 is 1.28 bits per heavy atom. The molecule has 0 aromatic carbocycles. The molecule has 4 heteroatoms. The Morgan fingerprint density at radius 3 is 2.33 bits per heavy atom. The largest absolute Gasteiger partial charge is 0.353 e. The zero-order chi connectivity index (χ0) is 12.7. The Kier molecular flexibility index (Phi) is 9.47. The Labute approximate surface area is 118 Å². The molecule has 1 aliphatic rings. The molecule has 1 rings (SSSR count). The van der Waals surface area contributed by atoms with Crippen molar-refractivity contribution in [1.29, 1.82) is 0 Å². The van der Waals surface area contributed by atoms with E-state index in [-0.39, 0.29) is 18.3 Å². The van der Waals surface area contributed by atoms with Crippen molar-refractivity contribution in [1.82, 2.24) is 10.6 Å². The summed E-state index contributed by atoms with van der Waals surface area (Å²) in [6.07, 6.45) is 5.20. The molecule has 0 aromatic rings. The van der Waals surface area contributed by atoms with E-state index in [9.17, 15) is 4.79 Å². The third-order valence-electron chi connectivity index (χ3n) is 4.05. The van der Waals surface area contributed by atoms with Crippen LogP contribution in [0, 0.1) is 11.8 Å². The van der Waals surface area contributed by atoms with Gasteiger partial charge in [-0.1, -0.05) is 20.8 Å². The van der Waals surface area contributed by atoms with Crippen molar-refractivity contribution in [2.24, 2.45) is 11.8 Å². The van der Waals surface area contributed by atoms with Gasteiger partial charge in [0.25, 0.3) is 0 Å². The number of rotatable bonds is 6. The molecule has 1 heterocycles. The fourth-order valence-electron chi connectivity index (χ4n) is 2.65. The van der Waals surface area contributed by atoms with E-state index in [1.54, 1.807) is 0 Å². The standard InChI is InChI=1S/C14H28N2O.ClH/c1-4-13(5-2)16-14(17)10-11(3)12-6-8-15-9-7-12;/h11-13,15H,4-10H2,1-3H3,(H,16,17);1H. The smallest absolute Gasteiger partial charge is 0.220 e. The van der Waals surface area contributed by atoms with E-state index < -0.39 is 0 Å². The number of amides is 1. The summed E-state index contributed by atoms with van der Waals surface area (Å²) in [7, 11) is 0. The van der Waals surface area contributed by atoms with Crippen LogP contribution in [0.4, 0.5) is 0 Å². The van der Waals surface area contributed by atoms with Crippen LogP contribution in [-0.2, 0) is 4.79 Å². The van der Waals surface area contributed by atoms with Gasteiger partial charge in [-0.05, 0) is 50.6 Å². The number of piperidine rings is 1. The molecule has 1 atom stereocenters. The van der Waals surface area contributed by atoms with Gasteiger partial charge in [-0.15, -0.1) is 12.4 Å². The van der Waals surface area contributed by atoms with Crippen molar-refractivity contribution in [2.45, 2.75) is 58.9 Å². The minimum absolute atomic E-state index is 0. The predicted molar refractivity (Wildman–Crippen MR) is 79.1 cm³/mol. The van der Waals surface area contributed by atoms with Crippen LogP contribution in [0.25, 0.3) is 0 Å². The monoisotopic (exact) mass is 276 g/mol. The van der Waals surface area contributed by atoms with E-state index in [4.69, 9.17) is 0 Å². The highest BCUT2D eigenvalue weighted by Crippen LogP contribution is 2.24. The van der Waals surface area contributed by atoms with Crippen LogP contribution in [-0.4, -0.2) is 25.0 Å². The maximum Gasteiger partial charge on any atom is 0.220 e. The average molecular weight is 277 g/mol. The summed E-state index contributed by atoms with van der Waals surface area (Å²) in [5.41, 5.74) is 0. The van der Waals surface area contributed by atoms with E-state index in [1.165, 1.54) is 12.8 Å². The number of carbonyl (C=O) groups is 1. The van der Waals surface area contributed by atoms with Gasteiger partial charge in [0, 0.05) is 12.5 Å². The lowest BCUT2D eigenvalue weighted by molar-refractivity contribution is -0.123. The Bertz CT molecular complexity index is 226. The molecule has 3 nitrogen and oxygen atoms in total. The van der Waals surface area contributed by atoms with Crippen molar-refractivity contribution in [3.63, 3.8) is 0 Å². The summed E-state index contributed by atoms with van der Waals surface area (Å²) >= 11 is 0. The van der Waals surface area contributed by atoms with E-state index in [0.717, 1.165) is 31.8 Å². The molecule has 1 aliphatic heterocycles. The van der Waals surface area contributed by atoms with E-state index >= 15 is 0 Å². The van der Waals surface area contributed by atoms with Crippen molar-refractivity contribution < 1.29 is 4.79 Å². The van der Waals surface area contributed by atoms with Crippen LogP contribution < -0.4 is 10.6 Å². The first-order chi connectivity index (χ1) is 8.17. The maximum atomic E-state index is 11.9. The van der Waals surface area contributed by atoms with Gasteiger partial charge >= 0.3 is 0 Å². The topological polar surface area (TPSA) is 41.1 Å². The van der Waals surface area contributed by atoms with E-state index in [0.29, 0.717) is 18.4 Å². The highest BCUT2D eigenvalue weighted by Gasteiger charge is 2.22. The molecular formula is C14H29ClN2O. The number of hydrogen-bond donors (Lipinski definition) is 2. The van der Waals surface area contributed by atoms with Crippen LogP contribution in [0.2, 0.25) is 0 Å². The molecule has 0 aromatic heterocycles. The predicted octanol–water partition coefficient (Wildman–Crippen LogP) is 2.74. The average Bonchev–Trinajstić information content (AvgIpc) is 2.37. The number of halogens is 1. The fraction of sp³-hybridized carbons (Fsp3) is 0.929. The van der Waals surface area contributed by atoms with Crippen LogP contribution in [0.3, 0.4) is 0 Å². The Balaban J connectivity index is 0.00000289. The second-order valence-electron chi connectivity index (χ2n) is 5.35. The van der Waals surface area contributed by atoms with Gasteiger partial charge in [-0.3, -0.25) is 4.79 Å². The van der Waals surface area contributed by atoms with Gasteiger partial charge in [0.05, 0.1) is 0 Å². The highest BCUT2D eigenvalue weighted by atomic mass is 35.5. The Morgan fingerprint density at radius 2 is 1.83 bits per heavy atom. The highest BCUT2D eigenvalue weighted by molar-refractivity contribution is 5.85. The van der Waals surface area contributed by atoms with Crippen LogP contribution in [0.1, 0.15) is 52.9 Å². The first-order valence-corrected chi connectivity index (χ1v) is 7.17. The summed E-state index contributed by atoms with van der Waals surface area (Å²) < 4.78 is 0. The molecule has 1 fully saturated rings. The number of carbonyl (C=O) groups excluding carboxylic acids is 1. The summed E-state index contributed by atoms with van der Waals surface area (Å²) in [5, 5.41) is 6.50. The lowest BCUT2D eigenvalue weighted by atomic mass is 9.84. The number of nitrogens with one attached hydrogen (secondary N) is 2. The quantitative estimate of drug-likeness (QED) is 0.783.